The quantitative estimate of drug-likeness (QED) is 0.491. The maximum absolute atomic E-state index is 12.7. The number of aryl methyl sites for hydroxylation is 1. The van der Waals surface area contributed by atoms with Crippen LogP contribution in [0.25, 0.3) is 0 Å². The number of carbonyl (C=O) groups is 2. The van der Waals surface area contributed by atoms with E-state index in [0.29, 0.717) is 5.76 Å². The van der Waals surface area contributed by atoms with E-state index in [1.807, 2.05) is 60.7 Å². The number of anilines is 1. The van der Waals surface area contributed by atoms with Crippen molar-refractivity contribution in [1.82, 2.24) is 5.16 Å². The molecular weight excluding hydrogens is 364 g/mol. The Bertz CT molecular complexity index is 897. The number of amides is 1. The lowest BCUT2D eigenvalue weighted by molar-refractivity contribution is -0.146. The number of rotatable bonds is 7. The highest BCUT2D eigenvalue weighted by Crippen LogP contribution is 2.36. The third-order valence-electron chi connectivity index (χ3n) is 3.55. The van der Waals surface area contributed by atoms with E-state index < -0.39 is 23.7 Å². The van der Waals surface area contributed by atoms with E-state index in [-0.39, 0.29) is 5.82 Å². The van der Waals surface area contributed by atoms with Crippen LogP contribution in [0, 0.1) is 6.92 Å². The van der Waals surface area contributed by atoms with E-state index in [1.165, 1.54) is 11.8 Å². The van der Waals surface area contributed by atoms with Gasteiger partial charge in [0.2, 0.25) is 0 Å². The number of thioether (sulfide) groups is 1. The Morgan fingerprint density at radius 1 is 1.11 bits per heavy atom. The number of nitrogens with zero attached hydrogens (tertiary/aromatic N) is 1. The molecule has 3 aromatic rings. The van der Waals surface area contributed by atoms with Gasteiger partial charge in [-0.05, 0) is 24.6 Å². The third-order valence-corrected chi connectivity index (χ3v) is 4.80. The van der Waals surface area contributed by atoms with Gasteiger partial charge in [0, 0.05) is 11.0 Å². The van der Waals surface area contributed by atoms with Gasteiger partial charge in [-0.2, -0.15) is 0 Å². The molecular formula is C20H18N2O4S. The standard InChI is InChI=1S/C20H18N2O4S/c1-14-12-17(22-26-14)21-18(23)13-25-20(24)19(15-8-4-2-5-9-15)27-16-10-6-3-7-11-16/h2-12,19H,13H2,1H3,(H,21,22,23)/t19-/m1/s1. The minimum atomic E-state index is -0.573. The van der Waals surface area contributed by atoms with Gasteiger partial charge in [-0.15, -0.1) is 11.8 Å². The molecule has 0 saturated heterocycles. The van der Waals surface area contributed by atoms with Crippen molar-refractivity contribution >= 4 is 29.5 Å². The molecule has 0 radical (unpaired) electrons. The van der Waals surface area contributed by atoms with Crippen LogP contribution in [0.3, 0.4) is 0 Å². The third kappa shape index (κ3) is 5.46. The smallest absolute Gasteiger partial charge is 0.324 e. The molecule has 0 aliphatic heterocycles. The van der Waals surface area contributed by atoms with Crippen LogP contribution < -0.4 is 5.32 Å². The molecule has 2 aromatic carbocycles. The molecule has 1 amide bonds. The summed E-state index contributed by atoms with van der Waals surface area (Å²) in [4.78, 5) is 25.6. The Hall–Kier alpha value is -3.06. The average molecular weight is 382 g/mol. The van der Waals surface area contributed by atoms with Crippen molar-refractivity contribution in [2.45, 2.75) is 17.1 Å². The van der Waals surface area contributed by atoms with Crippen molar-refractivity contribution in [1.29, 1.82) is 0 Å². The number of carbonyl (C=O) groups excluding carboxylic acids is 2. The summed E-state index contributed by atoms with van der Waals surface area (Å²) in [6, 6.07) is 20.5. The van der Waals surface area contributed by atoms with Gasteiger partial charge in [-0.1, -0.05) is 53.7 Å². The predicted octanol–water partition coefficient (Wildman–Crippen LogP) is 4.00. The van der Waals surface area contributed by atoms with Crippen LogP contribution in [0.15, 0.2) is 76.1 Å². The van der Waals surface area contributed by atoms with Crippen molar-refractivity contribution in [3.05, 3.63) is 78.1 Å². The van der Waals surface area contributed by atoms with E-state index in [4.69, 9.17) is 9.26 Å². The molecule has 27 heavy (non-hydrogen) atoms. The second-order valence-electron chi connectivity index (χ2n) is 5.70. The van der Waals surface area contributed by atoms with E-state index >= 15 is 0 Å². The van der Waals surface area contributed by atoms with Gasteiger partial charge in [0.1, 0.15) is 11.0 Å². The highest BCUT2D eigenvalue weighted by molar-refractivity contribution is 8.00. The van der Waals surface area contributed by atoms with Gasteiger partial charge in [0.05, 0.1) is 0 Å². The maximum atomic E-state index is 12.7. The second-order valence-corrected chi connectivity index (χ2v) is 6.88. The zero-order valence-electron chi connectivity index (χ0n) is 14.6. The zero-order chi connectivity index (χ0) is 19.1. The molecule has 1 aromatic heterocycles. The van der Waals surface area contributed by atoms with Crippen LogP contribution in [0.2, 0.25) is 0 Å². The normalized spacial score (nSPS) is 11.6. The van der Waals surface area contributed by atoms with Gasteiger partial charge < -0.3 is 14.6 Å². The molecule has 0 unspecified atom stereocenters. The van der Waals surface area contributed by atoms with Gasteiger partial charge in [-0.3, -0.25) is 9.59 Å². The first-order valence-corrected chi connectivity index (χ1v) is 9.16. The van der Waals surface area contributed by atoms with E-state index in [2.05, 4.69) is 10.5 Å². The summed E-state index contributed by atoms with van der Waals surface area (Å²) >= 11 is 1.38. The number of ether oxygens (including phenoxy) is 1. The van der Waals surface area contributed by atoms with Crippen LogP contribution >= 0.6 is 11.8 Å². The zero-order valence-corrected chi connectivity index (χ0v) is 15.4. The molecule has 0 aliphatic carbocycles. The number of esters is 1. The Morgan fingerprint density at radius 3 is 2.41 bits per heavy atom. The van der Waals surface area contributed by atoms with Crippen molar-refractivity contribution in [2.75, 3.05) is 11.9 Å². The van der Waals surface area contributed by atoms with Crippen molar-refractivity contribution in [2.24, 2.45) is 0 Å². The van der Waals surface area contributed by atoms with Crippen molar-refractivity contribution in [3.8, 4) is 0 Å². The molecule has 7 heteroatoms. The number of nitrogens with one attached hydrogen (secondary N) is 1. The van der Waals surface area contributed by atoms with Gasteiger partial charge in [0.25, 0.3) is 5.91 Å². The highest BCUT2D eigenvalue weighted by Gasteiger charge is 2.24. The van der Waals surface area contributed by atoms with Gasteiger partial charge >= 0.3 is 5.97 Å². The molecule has 6 nitrogen and oxygen atoms in total. The summed E-state index contributed by atoms with van der Waals surface area (Å²) in [5, 5.41) is 5.62. The Kier molecular flexibility index (Phi) is 6.27. The lowest BCUT2D eigenvalue weighted by atomic mass is 10.1. The van der Waals surface area contributed by atoms with Gasteiger partial charge in [-0.25, -0.2) is 0 Å². The van der Waals surface area contributed by atoms with E-state index in [0.717, 1.165) is 10.5 Å². The molecule has 1 N–H and O–H groups in total. The first kappa shape index (κ1) is 18.7. The molecule has 0 spiro atoms. The summed E-state index contributed by atoms with van der Waals surface area (Å²) in [7, 11) is 0. The molecule has 1 heterocycles. The molecule has 138 valence electrons. The Morgan fingerprint density at radius 2 is 1.78 bits per heavy atom. The first-order valence-electron chi connectivity index (χ1n) is 8.28. The Balaban J connectivity index is 1.64. The largest absolute Gasteiger partial charge is 0.454 e. The average Bonchev–Trinajstić information content (AvgIpc) is 3.10. The monoisotopic (exact) mass is 382 g/mol. The SMILES string of the molecule is Cc1cc(NC(=O)COC(=O)[C@H](Sc2ccccc2)c2ccccc2)no1. The minimum absolute atomic E-state index is 0.284. The summed E-state index contributed by atoms with van der Waals surface area (Å²) in [5.41, 5.74) is 0.809. The highest BCUT2D eigenvalue weighted by atomic mass is 32.2. The number of hydrogen-bond donors (Lipinski definition) is 1. The second kappa shape index (κ2) is 9.05. The number of benzene rings is 2. The molecule has 0 saturated carbocycles. The lowest BCUT2D eigenvalue weighted by Crippen LogP contribution is -2.23. The summed E-state index contributed by atoms with van der Waals surface area (Å²) in [6.45, 7) is 1.32. The maximum Gasteiger partial charge on any atom is 0.324 e. The predicted molar refractivity (Wildman–Crippen MR) is 102 cm³/mol. The van der Waals surface area contributed by atoms with Crippen LogP contribution in [-0.4, -0.2) is 23.6 Å². The van der Waals surface area contributed by atoms with Crippen molar-refractivity contribution < 1.29 is 18.8 Å². The number of hydrogen-bond acceptors (Lipinski definition) is 6. The van der Waals surface area contributed by atoms with Gasteiger partial charge in [0.15, 0.2) is 12.4 Å². The first-order chi connectivity index (χ1) is 13.1. The molecule has 0 fully saturated rings. The summed E-state index contributed by atoms with van der Waals surface area (Å²) in [5.74, 6) is -0.104. The minimum Gasteiger partial charge on any atom is -0.454 e. The number of aromatic nitrogens is 1. The fourth-order valence-corrected chi connectivity index (χ4v) is 3.38. The van der Waals surface area contributed by atoms with Crippen LogP contribution in [0.1, 0.15) is 16.6 Å². The summed E-state index contributed by atoms with van der Waals surface area (Å²) in [6.07, 6.45) is 0. The molecule has 0 aliphatic rings. The summed E-state index contributed by atoms with van der Waals surface area (Å²) < 4.78 is 10.1. The topological polar surface area (TPSA) is 81.4 Å². The van der Waals surface area contributed by atoms with Crippen LogP contribution in [0.4, 0.5) is 5.82 Å². The molecule has 3 rings (SSSR count). The van der Waals surface area contributed by atoms with E-state index in [9.17, 15) is 9.59 Å². The fourth-order valence-electron chi connectivity index (χ4n) is 2.33. The van der Waals surface area contributed by atoms with Crippen molar-refractivity contribution in [3.63, 3.8) is 0 Å². The van der Waals surface area contributed by atoms with Crippen LogP contribution in [0.5, 0.6) is 0 Å². The van der Waals surface area contributed by atoms with E-state index in [1.54, 1.807) is 13.0 Å². The molecule has 0 bridgehead atoms. The Labute approximate surface area is 160 Å². The van der Waals surface area contributed by atoms with Crippen LogP contribution in [-0.2, 0) is 14.3 Å². The fraction of sp³-hybridized carbons (Fsp3) is 0.150. The molecule has 1 atom stereocenters. The lowest BCUT2D eigenvalue weighted by Gasteiger charge is -2.16.